The van der Waals surface area contributed by atoms with E-state index in [-0.39, 0.29) is 11.9 Å². The van der Waals surface area contributed by atoms with E-state index in [9.17, 15) is 4.79 Å². The number of aromatic nitrogens is 4. The van der Waals surface area contributed by atoms with Crippen LogP contribution in [0.3, 0.4) is 0 Å². The Labute approximate surface area is 170 Å². The fourth-order valence-electron chi connectivity index (χ4n) is 4.06. The van der Waals surface area contributed by atoms with E-state index >= 15 is 0 Å². The summed E-state index contributed by atoms with van der Waals surface area (Å²) < 4.78 is 9.68. The topological polar surface area (TPSA) is 65.2 Å². The van der Waals surface area contributed by atoms with Crippen LogP contribution in [-0.2, 0) is 29.5 Å². The first-order valence-corrected chi connectivity index (χ1v) is 9.95. The van der Waals surface area contributed by atoms with Gasteiger partial charge >= 0.3 is 0 Å². The van der Waals surface area contributed by atoms with Gasteiger partial charge in [0.1, 0.15) is 0 Å². The normalized spacial score (nSPS) is 16.9. The third-order valence-corrected chi connectivity index (χ3v) is 5.64. The minimum atomic E-state index is -0.117. The summed E-state index contributed by atoms with van der Waals surface area (Å²) in [5.74, 6) is 0.0940. The summed E-state index contributed by atoms with van der Waals surface area (Å²) in [5.41, 5.74) is 5.24. The largest absolute Gasteiger partial charge is 0.377 e. The van der Waals surface area contributed by atoms with Crippen LogP contribution in [0.5, 0.6) is 0 Å². The molecule has 0 N–H and O–H groups in total. The monoisotopic (exact) mass is 393 g/mol. The molecule has 1 amide bonds. The molecule has 0 spiro atoms. The molecule has 4 rings (SSSR count). The second-order valence-electron chi connectivity index (χ2n) is 7.58. The molecular weight excluding hydrogens is 366 g/mol. The minimum absolute atomic E-state index is 0.0940. The summed E-state index contributed by atoms with van der Waals surface area (Å²) in [6.07, 6.45) is 3.81. The molecule has 0 aliphatic carbocycles. The molecule has 0 saturated carbocycles. The summed E-state index contributed by atoms with van der Waals surface area (Å²) in [4.78, 5) is 19.2. The van der Waals surface area contributed by atoms with Crippen molar-refractivity contribution in [2.75, 3.05) is 19.8 Å². The molecule has 29 heavy (non-hydrogen) atoms. The lowest BCUT2D eigenvalue weighted by Crippen LogP contribution is -2.44. The van der Waals surface area contributed by atoms with Gasteiger partial charge in [-0.15, -0.1) is 0 Å². The average Bonchev–Trinajstić information content (AvgIpc) is 3.25. The van der Waals surface area contributed by atoms with Crippen molar-refractivity contribution in [2.24, 2.45) is 7.05 Å². The van der Waals surface area contributed by atoms with Crippen molar-refractivity contribution in [3.8, 4) is 0 Å². The Hall–Kier alpha value is -2.93. The highest BCUT2D eigenvalue weighted by Gasteiger charge is 2.33. The number of carbonyl (C=O) groups excluding carboxylic acids is 1. The molecular formula is C22H27N5O2. The van der Waals surface area contributed by atoms with Crippen molar-refractivity contribution in [1.29, 1.82) is 0 Å². The van der Waals surface area contributed by atoms with Crippen LogP contribution in [0.2, 0.25) is 0 Å². The third-order valence-electron chi connectivity index (χ3n) is 5.64. The molecule has 1 unspecified atom stereocenters. The van der Waals surface area contributed by atoms with Gasteiger partial charge in [0.2, 0.25) is 5.91 Å². The molecule has 152 valence electrons. The standard InChI is InChI=1S/C22H27N5O2/c1-16-22(17(2)27(24-16)13-18-7-5-4-6-8-18)20-14-29-10-9-26(20)21(28)11-19-12-23-15-25(19)3/h4-8,12,15,20H,9-11,13-14H2,1-3H3. The number of imidazole rings is 1. The molecule has 7 nitrogen and oxygen atoms in total. The second-order valence-corrected chi connectivity index (χ2v) is 7.58. The maximum atomic E-state index is 13.1. The molecule has 2 aromatic heterocycles. The van der Waals surface area contributed by atoms with Crippen LogP contribution >= 0.6 is 0 Å². The van der Waals surface area contributed by atoms with Gasteiger partial charge in [0.15, 0.2) is 0 Å². The number of carbonyl (C=O) groups is 1. The maximum absolute atomic E-state index is 13.1. The SMILES string of the molecule is Cc1nn(Cc2ccccc2)c(C)c1C1COCCN1C(=O)Cc1cncn1C. The molecule has 3 heterocycles. The number of ether oxygens (including phenoxy) is 1. The van der Waals surface area contributed by atoms with Crippen LogP contribution < -0.4 is 0 Å². The molecule has 1 aromatic carbocycles. The van der Waals surface area contributed by atoms with E-state index in [1.807, 2.05) is 46.3 Å². The maximum Gasteiger partial charge on any atom is 0.229 e. The van der Waals surface area contributed by atoms with E-state index < -0.39 is 0 Å². The first kappa shape index (κ1) is 19.4. The van der Waals surface area contributed by atoms with Gasteiger partial charge in [-0.2, -0.15) is 5.10 Å². The molecule has 1 saturated heterocycles. The van der Waals surface area contributed by atoms with Gasteiger partial charge in [0.05, 0.1) is 44.2 Å². The molecule has 0 bridgehead atoms. The number of hydrogen-bond donors (Lipinski definition) is 0. The number of morpholine rings is 1. The second kappa shape index (κ2) is 8.21. The lowest BCUT2D eigenvalue weighted by atomic mass is 10.0. The smallest absolute Gasteiger partial charge is 0.229 e. The van der Waals surface area contributed by atoms with Crippen LogP contribution in [0.4, 0.5) is 0 Å². The number of amides is 1. The Morgan fingerprint density at radius 3 is 2.76 bits per heavy atom. The summed E-state index contributed by atoms with van der Waals surface area (Å²) in [5, 5.41) is 4.77. The van der Waals surface area contributed by atoms with Crippen molar-refractivity contribution >= 4 is 5.91 Å². The Morgan fingerprint density at radius 1 is 1.24 bits per heavy atom. The molecule has 0 radical (unpaired) electrons. The van der Waals surface area contributed by atoms with Crippen molar-refractivity contribution in [1.82, 2.24) is 24.2 Å². The molecule has 1 aliphatic heterocycles. The van der Waals surface area contributed by atoms with E-state index in [1.165, 1.54) is 5.56 Å². The van der Waals surface area contributed by atoms with Gasteiger partial charge in [-0.1, -0.05) is 30.3 Å². The Balaban J connectivity index is 1.60. The van der Waals surface area contributed by atoms with Crippen molar-refractivity contribution < 1.29 is 9.53 Å². The zero-order chi connectivity index (χ0) is 20.4. The molecule has 1 fully saturated rings. The number of aryl methyl sites for hydroxylation is 2. The molecule has 7 heteroatoms. The van der Waals surface area contributed by atoms with Crippen LogP contribution in [-0.4, -0.2) is 49.9 Å². The van der Waals surface area contributed by atoms with Gasteiger partial charge in [-0.3, -0.25) is 9.48 Å². The van der Waals surface area contributed by atoms with E-state index in [4.69, 9.17) is 9.84 Å². The highest BCUT2D eigenvalue weighted by Crippen LogP contribution is 2.30. The van der Waals surface area contributed by atoms with Gasteiger partial charge in [-0.25, -0.2) is 4.98 Å². The fraction of sp³-hybridized carbons (Fsp3) is 0.409. The summed E-state index contributed by atoms with van der Waals surface area (Å²) >= 11 is 0. The third kappa shape index (κ3) is 3.96. The van der Waals surface area contributed by atoms with E-state index in [2.05, 4.69) is 24.0 Å². The number of hydrogen-bond acceptors (Lipinski definition) is 4. The number of rotatable bonds is 5. The summed E-state index contributed by atoms with van der Waals surface area (Å²) in [6.45, 7) is 6.45. The predicted molar refractivity (Wildman–Crippen MR) is 109 cm³/mol. The van der Waals surface area contributed by atoms with Gasteiger partial charge in [-0.05, 0) is 19.4 Å². The lowest BCUT2D eigenvalue weighted by Gasteiger charge is -2.36. The number of nitrogens with zero attached hydrogens (tertiary/aromatic N) is 5. The zero-order valence-corrected chi connectivity index (χ0v) is 17.2. The Kier molecular flexibility index (Phi) is 5.49. The molecule has 1 atom stereocenters. The predicted octanol–water partition coefficient (Wildman–Crippen LogP) is 2.42. The first-order chi connectivity index (χ1) is 14.0. The van der Waals surface area contributed by atoms with Crippen LogP contribution in [0.1, 0.15) is 34.3 Å². The highest BCUT2D eigenvalue weighted by molar-refractivity contribution is 5.79. The first-order valence-electron chi connectivity index (χ1n) is 9.95. The van der Waals surface area contributed by atoms with Gasteiger partial charge in [0, 0.05) is 36.7 Å². The van der Waals surface area contributed by atoms with E-state index in [0.717, 1.165) is 22.6 Å². The van der Waals surface area contributed by atoms with Crippen LogP contribution in [0.15, 0.2) is 42.9 Å². The zero-order valence-electron chi connectivity index (χ0n) is 17.2. The van der Waals surface area contributed by atoms with Gasteiger partial charge < -0.3 is 14.2 Å². The summed E-state index contributed by atoms with van der Waals surface area (Å²) in [7, 11) is 1.91. The minimum Gasteiger partial charge on any atom is -0.377 e. The fourth-order valence-corrected chi connectivity index (χ4v) is 4.06. The van der Waals surface area contributed by atoms with Crippen LogP contribution in [0.25, 0.3) is 0 Å². The van der Waals surface area contributed by atoms with Crippen molar-refractivity contribution in [2.45, 2.75) is 32.9 Å². The molecule has 3 aromatic rings. The van der Waals surface area contributed by atoms with E-state index in [1.54, 1.807) is 12.5 Å². The molecule has 1 aliphatic rings. The van der Waals surface area contributed by atoms with Crippen molar-refractivity contribution in [3.05, 3.63) is 71.1 Å². The highest BCUT2D eigenvalue weighted by atomic mass is 16.5. The quantitative estimate of drug-likeness (QED) is 0.668. The van der Waals surface area contributed by atoms with Crippen LogP contribution in [0, 0.1) is 13.8 Å². The average molecular weight is 393 g/mol. The van der Waals surface area contributed by atoms with E-state index in [0.29, 0.717) is 32.7 Å². The van der Waals surface area contributed by atoms with Crippen molar-refractivity contribution in [3.63, 3.8) is 0 Å². The number of benzene rings is 1. The lowest BCUT2D eigenvalue weighted by molar-refractivity contribution is -0.139. The Morgan fingerprint density at radius 2 is 2.03 bits per heavy atom. The Bertz CT molecular complexity index is 992. The summed E-state index contributed by atoms with van der Waals surface area (Å²) in [6, 6.07) is 10.2. The van der Waals surface area contributed by atoms with Gasteiger partial charge in [0.25, 0.3) is 0 Å².